The molecule has 4 atom stereocenters. The lowest BCUT2D eigenvalue weighted by Gasteiger charge is -2.36. The van der Waals surface area contributed by atoms with Crippen LogP contribution in [0.5, 0.6) is 5.75 Å². The SMILES string of the molecule is Cc1noc(C)c1NC(=O)Nc1ccc2c(c1)C(=O)N([C@H](C)CO)C[C@@H](C)[C@H](CN(C)Cc1ccc(C(=O)O)cc1)OCCCC[C@@H](C)O2. The summed E-state index contributed by atoms with van der Waals surface area (Å²) in [7, 11) is 1.98. The Hall–Kier alpha value is -4.46. The molecule has 13 nitrogen and oxygen atoms in total. The number of aliphatic hydroxyl groups is 1. The summed E-state index contributed by atoms with van der Waals surface area (Å²) >= 11 is 0. The number of carbonyl (C=O) groups excluding carboxylic acids is 2. The minimum atomic E-state index is -0.965. The molecule has 0 unspecified atom stereocenters. The zero-order chi connectivity index (χ0) is 35.7. The monoisotopic (exact) mass is 679 g/mol. The number of fused-ring (bicyclic) bond motifs is 1. The minimum absolute atomic E-state index is 0.122. The molecule has 0 fully saturated rings. The van der Waals surface area contributed by atoms with E-state index in [-0.39, 0.29) is 41.8 Å². The molecule has 0 saturated carbocycles. The Morgan fingerprint density at radius 1 is 1.10 bits per heavy atom. The van der Waals surface area contributed by atoms with Crippen LogP contribution in [0.15, 0.2) is 47.0 Å². The Morgan fingerprint density at radius 2 is 1.84 bits per heavy atom. The molecule has 4 N–H and O–H groups in total. The van der Waals surface area contributed by atoms with Crippen LogP contribution < -0.4 is 15.4 Å². The van der Waals surface area contributed by atoms with Crippen molar-refractivity contribution < 1.29 is 38.6 Å². The van der Waals surface area contributed by atoms with Crippen molar-refractivity contribution in [3.8, 4) is 5.75 Å². The van der Waals surface area contributed by atoms with E-state index < -0.39 is 18.0 Å². The van der Waals surface area contributed by atoms with E-state index in [9.17, 15) is 24.6 Å². The third kappa shape index (κ3) is 10.3. The van der Waals surface area contributed by atoms with Crippen LogP contribution in [-0.2, 0) is 11.3 Å². The van der Waals surface area contributed by atoms with Crippen molar-refractivity contribution in [3.63, 3.8) is 0 Å². The number of hydrogen-bond acceptors (Lipinski definition) is 9. The number of benzene rings is 2. The average molecular weight is 680 g/mol. The van der Waals surface area contributed by atoms with Gasteiger partial charge >= 0.3 is 12.0 Å². The fourth-order valence-corrected chi connectivity index (χ4v) is 5.84. The molecule has 3 aromatic rings. The van der Waals surface area contributed by atoms with Gasteiger partial charge in [0.05, 0.1) is 36.0 Å². The number of ether oxygens (including phenoxy) is 2. The predicted octanol–water partition coefficient (Wildman–Crippen LogP) is 5.56. The summed E-state index contributed by atoms with van der Waals surface area (Å²) in [5.41, 5.74) is 2.88. The van der Waals surface area contributed by atoms with E-state index in [2.05, 4.69) is 20.7 Å². The number of anilines is 2. The van der Waals surface area contributed by atoms with Gasteiger partial charge in [-0.2, -0.15) is 0 Å². The Morgan fingerprint density at radius 3 is 2.49 bits per heavy atom. The van der Waals surface area contributed by atoms with Crippen LogP contribution in [0.4, 0.5) is 16.2 Å². The third-order valence-electron chi connectivity index (χ3n) is 8.73. The van der Waals surface area contributed by atoms with Crippen LogP contribution in [0, 0.1) is 19.8 Å². The Labute approximate surface area is 287 Å². The molecule has 0 spiro atoms. The number of aromatic carboxylic acids is 1. The van der Waals surface area contributed by atoms with Gasteiger partial charge in [-0.15, -0.1) is 0 Å². The molecular formula is C36H49N5O8. The molecule has 2 aromatic carbocycles. The first kappa shape index (κ1) is 37.4. The molecule has 49 heavy (non-hydrogen) atoms. The maximum absolute atomic E-state index is 14.4. The number of urea groups is 1. The van der Waals surface area contributed by atoms with Gasteiger partial charge < -0.3 is 39.7 Å². The van der Waals surface area contributed by atoms with Crippen LogP contribution in [0.2, 0.25) is 0 Å². The van der Waals surface area contributed by atoms with E-state index in [1.165, 1.54) is 0 Å². The largest absolute Gasteiger partial charge is 0.490 e. The average Bonchev–Trinajstić information content (AvgIpc) is 3.38. The molecule has 0 bridgehead atoms. The molecule has 0 saturated heterocycles. The second kappa shape index (κ2) is 17.3. The molecule has 13 heteroatoms. The van der Waals surface area contributed by atoms with Crippen molar-refractivity contribution >= 4 is 29.3 Å². The summed E-state index contributed by atoms with van der Waals surface area (Å²) in [6, 6.07) is 10.8. The smallest absolute Gasteiger partial charge is 0.335 e. The lowest BCUT2D eigenvalue weighted by Crippen LogP contribution is -2.47. The summed E-state index contributed by atoms with van der Waals surface area (Å²) in [6.07, 6.45) is 2.03. The van der Waals surface area contributed by atoms with Gasteiger partial charge in [0.25, 0.3) is 5.91 Å². The van der Waals surface area contributed by atoms with E-state index in [0.29, 0.717) is 54.8 Å². The molecule has 0 radical (unpaired) electrons. The highest BCUT2D eigenvalue weighted by Crippen LogP contribution is 2.29. The minimum Gasteiger partial charge on any atom is -0.490 e. The molecule has 3 amide bonds. The molecule has 1 aromatic heterocycles. The Kier molecular flexibility index (Phi) is 13.2. The summed E-state index contributed by atoms with van der Waals surface area (Å²) in [5.74, 6) is -0.556. The van der Waals surface area contributed by atoms with Gasteiger partial charge in [-0.1, -0.05) is 24.2 Å². The zero-order valence-corrected chi connectivity index (χ0v) is 29.2. The summed E-state index contributed by atoms with van der Waals surface area (Å²) in [5, 5.41) is 28.9. The highest BCUT2D eigenvalue weighted by Gasteiger charge is 2.30. The molecular weight excluding hydrogens is 630 g/mol. The maximum atomic E-state index is 14.4. The number of nitrogens with zero attached hydrogens (tertiary/aromatic N) is 3. The van der Waals surface area contributed by atoms with Crippen molar-refractivity contribution in [3.05, 3.63) is 70.6 Å². The van der Waals surface area contributed by atoms with Crippen LogP contribution in [-0.4, -0.2) is 94.7 Å². The van der Waals surface area contributed by atoms with E-state index in [4.69, 9.17) is 14.0 Å². The number of nitrogens with one attached hydrogen (secondary N) is 2. The lowest BCUT2D eigenvalue weighted by atomic mass is 10.0. The summed E-state index contributed by atoms with van der Waals surface area (Å²) < 4.78 is 17.9. The third-order valence-corrected chi connectivity index (χ3v) is 8.73. The zero-order valence-electron chi connectivity index (χ0n) is 29.2. The van der Waals surface area contributed by atoms with Gasteiger partial charge in [0.1, 0.15) is 17.1 Å². The maximum Gasteiger partial charge on any atom is 0.335 e. The van der Waals surface area contributed by atoms with E-state index in [1.54, 1.807) is 56.0 Å². The first-order chi connectivity index (χ1) is 23.4. The second-order valence-electron chi connectivity index (χ2n) is 13.0. The standard InChI is InChI=1S/C36H49N5O8/c1-22-18-41(23(2)21-42)34(43)30-17-29(37-36(46)38-33-25(4)39-49-26(33)5)14-15-31(30)48-24(3)9-7-8-16-47-32(22)20-40(6)19-27-10-12-28(13-11-27)35(44)45/h10-15,17,22-24,32,42H,7-9,16,18-21H2,1-6H3,(H,44,45)(H2,37,38,46)/t22-,23-,24-,32+/m1/s1. The number of carboxylic acid groups (broad SMARTS) is 1. The fourth-order valence-electron chi connectivity index (χ4n) is 5.84. The van der Waals surface area contributed by atoms with Crippen molar-refractivity contribution in [2.75, 3.05) is 44.0 Å². The number of aromatic nitrogens is 1. The van der Waals surface area contributed by atoms with Crippen LogP contribution >= 0.6 is 0 Å². The van der Waals surface area contributed by atoms with Crippen LogP contribution in [0.25, 0.3) is 0 Å². The number of rotatable bonds is 9. The van der Waals surface area contributed by atoms with Gasteiger partial charge in [0.15, 0.2) is 5.76 Å². The second-order valence-corrected chi connectivity index (χ2v) is 13.0. The van der Waals surface area contributed by atoms with Gasteiger partial charge in [-0.25, -0.2) is 9.59 Å². The Bertz CT molecular complexity index is 1560. The number of likely N-dealkylation sites (N-methyl/N-ethyl adjacent to an activating group) is 1. The molecule has 0 aliphatic carbocycles. The van der Waals surface area contributed by atoms with Gasteiger partial charge in [-0.3, -0.25) is 9.69 Å². The molecule has 1 aliphatic rings. The van der Waals surface area contributed by atoms with Gasteiger partial charge in [0.2, 0.25) is 0 Å². The fraction of sp³-hybridized carbons (Fsp3) is 0.500. The van der Waals surface area contributed by atoms with Gasteiger partial charge in [-0.05, 0) is 89.9 Å². The van der Waals surface area contributed by atoms with Crippen molar-refractivity contribution in [1.29, 1.82) is 0 Å². The lowest BCUT2D eigenvalue weighted by molar-refractivity contribution is -0.0177. The number of aryl methyl sites for hydroxylation is 2. The van der Waals surface area contributed by atoms with E-state index in [0.717, 1.165) is 24.8 Å². The predicted molar refractivity (Wildman–Crippen MR) is 185 cm³/mol. The first-order valence-corrected chi connectivity index (χ1v) is 16.7. The van der Waals surface area contributed by atoms with Crippen LogP contribution in [0.3, 0.4) is 0 Å². The van der Waals surface area contributed by atoms with Crippen molar-refractivity contribution in [1.82, 2.24) is 15.0 Å². The number of aliphatic hydroxyl groups excluding tert-OH is 1. The van der Waals surface area contributed by atoms with Gasteiger partial charge in [0, 0.05) is 37.8 Å². The number of carbonyl (C=O) groups is 3. The van der Waals surface area contributed by atoms with Crippen LogP contribution in [0.1, 0.15) is 77.8 Å². The Balaban J connectivity index is 1.58. The first-order valence-electron chi connectivity index (χ1n) is 16.7. The quantitative estimate of drug-likeness (QED) is 0.225. The summed E-state index contributed by atoms with van der Waals surface area (Å²) in [6.45, 7) is 11.0. The van der Waals surface area contributed by atoms with E-state index >= 15 is 0 Å². The molecule has 2 heterocycles. The normalized spacial score (nSPS) is 19.8. The topological polar surface area (TPSA) is 167 Å². The highest BCUT2D eigenvalue weighted by molar-refractivity contribution is 6.03. The number of amides is 3. The van der Waals surface area contributed by atoms with E-state index in [1.807, 2.05) is 33.0 Å². The highest BCUT2D eigenvalue weighted by atomic mass is 16.5. The molecule has 4 rings (SSSR count). The molecule has 1 aliphatic heterocycles. The van der Waals surface area contributed by atoms with Crippen molar-refractivity contribution in [2.24, 2.45) is 5.92 Å². The summed E-state index contributed by atoms with van der Waals surface area (Å²) in [4.78, 5) is 42.3. The number of hydrogen-bond donors (Lipinski definition) is 4. The number of carboxylic acids is 1. The van der Waals surface area contributed by atoms with Crippen molar-refractivity contribution in [2.45, 2.75) is 78.7 Å². The molecule has 266 valence electrons.